The molecule has 54 heavy (non-hydrogen) atoms. The maximum Gasteiger partial charge on any atom is 0.255 e. The van der Waals surface area contributed by atoms with Crippen LogP contribution in [0, 0.1) is 5.82 Å². The van der Waals surface area contributed by atoms with Crippen molar-refractivity contribution >= 4 is 35.2 Å². The Hall–Kier alpha value is -5.62. The number of carbonyl (C=O) groups is 4. The molecule has 13 heteroatoms. The Morgan fingerprint density at radius 2 is 1.72 bits per heavy atom. The van der Waals surface area contributed by atoms with E-state index >= 15 is 0 Å². The number of nitrogens with zero attached hydrogens (tertiary/aromatic N) is 1. The third kappa shape index (κ3) is 11.2. The van der Waals surface area contributed by atoms with Gasteiger partial charge in [-0.05, 0) is 67.4 Å². The number of fused-ring (bicyclic) bond motifs is 1. The number of benzene rings is 4. The van der Waals surface area contributed by atoms with E-state index in [9.17, 15) is 23.6 Å². The summed E-state index contributed by atoms with van der Waals surface area (Å²) >= 11 is 5.97. The van der Waals surface area contributed by atoms with Crippen molar-refractivity contribution in [3.8, 4) is 23.0 Å². The molecule has 4 aromatic carbocycles. The van der Waals surface area contributed by atoms with E-state index in [1.807, 2.05) is 37.3 Å². The fourth-order valence-corrected chi connectivity index (χ4v) is 5.94. The summed E-state index contributed by atoms with van der Waals surface area (Å²) in [5, 5.41) is 8.79. The maximum atomic E-state index is 14.9. The van der Waals surface area contributed by atoms with Crippen molar-refractivity contribution in [3.63, 3.8) is 0 Å². The smallest absolute Gasteiger partial charge is 0.255 e. The molecule has 0 bridgehead atoms. The lowest BCUT2D eigenvalue weighted by Crippen LogP contribution is -2.55. The molecule has 1 aliphatic heterocycles. The SMILES string of the molecule is CCCCN1CCOc2ccccc2C(=O)N[C@H](C(=O)N[C@H](C)COc2c(F)cccc2Oc2ccc(Cl)cc2)CC(=O)N[C@@H](Cc2ccccc2)C1=O. The minimum atomic E-state index is -1.36. The molecule has 4 aromatic rings. The van der Waals surface area contributed by atoms with E-state index in [4.69, 9.17) is 25.8 Å². The van der Waals surface area contributed by atoms with E-state index in [-0.39, 0.29) is 54.9 Å². The van der Waals surface area contributed by atoms with Crippen LogP contribution in [-0.2, 0) is 20.8 Å². The Bertz CT molecular complexity index is 1900. The molecule has 3 atom stereocenters. The molecule has 0 radical (unpaired) electrons. The minimum absolute atomic E-state index is 0.0989. The number of halogens is 2. The fourth-order valence-electron chi connectivity index (χ4n) is 5.81. The van der Waals surface area contributed by atoms with Crippen LogP contribution in [0.3, 0.4) is 0 Å². The van der Waals surface area contributed by atoms with E-state index in [1.165, 1.54) is 12.1 Å². The van der Waals surface area contributed by atoms with Crippen molar-refractivity contribution in [2.75, 3.05) is 26.3 Å². The van der Waals surface area contributed by atoms with Crippen molar-refractivity contribution in [2.45, 2.75) is 57.7 Å². The van der Waals surface area contributed by atoms with Crippen molar-refractivity contribution in [3.05, 3.63) is 119 Å². The molecule has 0 saturated carbocycles. The van der Waals surface area contributed by atoms with Crippen LogP contribution in [0.4, 0.5) is 4.39 Å². The highest BCUT2D eigenvalue weighted by molar-refractivity contribution is 6.30. The number of hydrogen-bond donors (Lipinski definition) is 3. The standard InChI is InChI=1S/C41H44ClFN4O7/c1-3-4-21-47-22-23-52-35-15-9-8-13-31(35)39(49)46-33(25-37(48)45-34(41(47)51)24-28-11-6-5-7-12-28)40(50)44-27(2)26-53-38-32(43)14-10-16-36(38)54-30-19-17-29(42)18-20-30/h5-20,27,33-34H,3-4,21-26H2,1-2H3,(H,44,50)(H,45,48)(H,46,49)/t27-,33+,34+/m1/s1. The van der Waals surface area contributed by atoms with Gasteiger partial charge in [-0.1, -0.05) is 73.5 Å². The molecule has 5 rings (SSSR count). The van der Waals surface area contributed by atoms with Crippen LogP contribution in [0.1, 0.15) is 49.0 Å². The van der Waals surface area contributed by atoms with Gasteiger partial charge in [0, 0.05) is 18.0 Å². The number of rotatable bonds is 12. The molecular weight excluding hydrogens is 715 g/mol. The molecule has 0 saturated heterocycles. The van der Waals surface area contributed by atoms with Crippen molar-refractivity contribution in [1.29, 1.82) is 0 Å². The van der Waals surface area contributed by atoms with Gasteiger partial charge in [0.25, 0.3) is 5.91 Å². The molecule has 1 aliphatic rings. The summed E-state index contributed by atoms with van der Waals surface area (Å²) < 4.78 is 32.6. The summed E-state index contributed by atoms with van der Waals surface area (Å²) in [6.07, 6.45) is 1.33. The summed E-state index contributed by atoms with van der Waals surface area (Å²) in [6, 6.07) is 23.6. The molecule has 11 nitrogen and oxygen atoms in total. The number of carbonyl (C=O) groups excluding carboxylic acids is 4. The molecule has 4 amide bonds. The van der Waals surface area contributed by atoms with E-state index in [2.05, 4.69) is 16.0 Å². The van der Waals surface area contributed by atoms with Gasteiger partial charge in [0.2, 0.25) is 17.7 Å². The molecular formula is C41H44ClFN4O7. The Kier molecular flexibility index (Phi) is 14.3. The fraction of sp³-hybridized carbons (Fsp3) is 0.317. The lowest BCUT2D eigenvalue weighted by Gasteiger charge is -2.29. The number of amides is 4. The predicted molar refractivity (Wildman–Crippen MR) is 202 cm³/mol. The van der Waals surface area contributed by atoms with E-state index in [1.54, 1.807) is 66.4 Å². The summed E-state index contributed by atoms with van der Waals surface area (Å²) in [5.74, 6) is -2.27. The summed E-state index contributed by atoms with van der Waals surface area (Å²) in [4.78, 5) is 56.8. The molecule has 284 valence electrons. The largest absolute Gasteiger partial charge is 0.491 e. The highest BCUT2D eigenvalue weighted by Gasteiger charge is 2.31. The average molecular weight is 759 g/mol. The van der Waals surface area contributed by atoms with Crippen molar-refractivity contribution in [1.82, 2.24) is 20.9 Å². The molecule has 0 unspecified atom stereocenters. The van der Waals surface area contributed by atoms with Crippen LogP contribution >= 0.6 is 11.6 Å². The first-order valence-corrected chi connectivity index (χ1v) is 18.3. The van der Waals surface area contributed by atoms with Gasteiger partial charge in [-0.25, -0.2) is 4.39 Å². The van der Waals surface area contributed by atoms with Crippen LogP contribution in [0.25, 0.3) is 0 Å². The molecule has 0 aliphatic carbocycles. The van der Waals surface area contributed by atoms with Crippen LogP contribution in [0.15, 0.2) is 97.1 Å². The Labute approximate surface area is 319 Å². The Morgan fingerprint density at radius 3 is 2.48 bits per heavy atom. The van der Waals surface area contributed by atoms with Gasteiger partial charge in [-0.3, -0.25) is 19.2 Å². The van der Waals surface area contributed by atoms with Crippen molar-refractivity contribution < 1.29 is 37.8 Å². The van der Waals surface area contributed by atoms with Gasteiger partial charge in [-0.15, -0.1) is 0 Å². The molecule has 0 aromatic heterocycles. The highest BCUT2D eigenvalue weighted by Crippen LogP contribution is 2.34. The third-order valence-electron chi connectivity index (χ3n) is 8.61. The number of para-hydroxylation sites is 2. The lowest BCUT2D eigenvalue weighted by atomic mass is 10.0. The zero-order valence-electron chi connectivity index (χ0n) is 30.2. The summed E-state index contributed by atoms with van der Waals surface area (Å²) in [6.45, 7) is 4.26. The monoisotopic (exact) mass is 758 g/mol. The van der Waals surface area contributed by atoms with Crippen LogP contribution in [0.2, 0.25) is 5.02 Å². The van der Waals surface area contributed by atoms with Gasteiger partial charge >= 0.3 is 0 Å². The van der Waals surface area contributed by atoms with E-state index < -0.39 is 48.1 Å². The lowest BCUT2D eigenvalue weighted by molar-refractivity contribution is -0.137. The molecule has 3 N–H and O–H groups in total. The predicted octanol–water partition coefficient (Wildman–Crippen LogP) is 6.09. The van der Waals surface area contributed by atoms with Gasteiger partial charge < -0.3 is 35.1 Å². The zero-order valence-corrected chi connectivity index (χ0v) is 30.9. The number of hydrogen-bond acceptors (Lipinski definition) is 7. The second-order valence-electron chi connectivity index (χ2n) is 12.9. The topological polar surface area (TPSA) is 135 Å². The number of unbranched alkanes of at least 4 members (excludes halogenated alkanes) is 1. The molecule has 0 fully saturated rings. The first-order valence-electron chi connectivity index (χ1n) is 17.9. The average Bonchev–Trinajstić information content (AvgIpc) is 3.16. The van der Waals surface area contributed by atoms with Gasteiger partial charge in [0.1, 0.15) is 36.8 Å². The minimum Gasteiger partial charge on any atom is -0.491 e. The summed E-state index contributed by atoms with van der Waals surface area (Å²) in [7, 11) is 0. The quantitative estimate of drug-likeness (QED) is 0.159. The maximum absolute atomic E-state index is 14.9. The van der Waals surface area contributed by atoms with E-state index in [0.717, 1.165) is 18.4 Å². The zero-order chi connectivity index (χ0) is 38.5. The van der Waals surface area contributed by atoms with Crippen molar-refractivity contribution in [2.24, 2.45) is 0 Å². The second kappa shape index (κ2) is 19.5. The van der Waals surface area contributed by atoms with Gasteiger partial charge in [0.05, 0.1) is 24.6 Å². The third-order valence-corrected chi connectivity index (χ3v) is 8.86. The number of nitrogens with one attached hydrogen (secondary N) is 3. The first-order chi connectivity index (χ1) is 26.1. The van der Waals surface area contributed by atoms with E-state index in [0.29, 0.717) is 17.3 Å². The number of ether oxygens (including phenoxy) is 3. The summed E-state index contributed by atoms with van der Waals surface area (Å²) in [5.41, 5.74) is 0.996. The Morgan fingerprint density at radius 1 is 0.981 bits per heavy atom. The molecule has 1 heterocycles. The Balaban J connectivity index is 1.35. The second-order valence-corrected chi connectivity index (χ2v) is 13.3. The molecule has 0 spiro atoms. The van der Waals surface area contributed by atoms with Gasteiger partial charge in [0.15, 0.2) is 17.3 Å². The van der Waals surface area contributed by atoms with Crippen LogP contribution in [0.5, 0.6) is 23.0 Å². The normalized spacial score (nSPS) is 17.2. The van der Waals surface area contributed by atoms with Gasteiger partial charge in [-0.2, -0.15) is 0 Å². The van der Waals surface area contributed by atoms with Crippen LogP contribution in [-0.4, -0.2) is 73.0 Å². The first kappa shape index (κ1) is 39.6. The highest BCUT2D eigenvalue weighted by atomic mass is 35.5. The van der Waals surface area contributed by atoms with Crippen LogP contribution < -0.4 is 30.2 Å².